The molecule has 13 heteroatoms. The van der Waals surface area contributed by atoms with Gasteiger partial charge in [-0.1, -0.05) is 29.8 Å². The average Bonchev–Trinajstić information content (AvgIpc) is 3.52. The van der Waals surface area contributed by atoms with E-state index in [1.807, 2.05) is 40.1 Å². The monoisotopic (exact) mass is 675 g/mol. The van der Waals surface area contributed by atoms with Crippen LogP contribution in [0.3, 0.4) is 0 Å². The van der Waals surface area contributed by atoms with Crippen LogP contribution >= 0.6 is 11.6 Å². The number of hydrogen-bond donors (Lipinski definition) is 3. The Balaban J connectivity index is 0.996. The summed E-state index contributed by atoms with van der Waals surface area (Å²) in [6.07, 6.45) is 6.52. The van der Waals surface area contributed by atoms with Crippen LogP contribution in [0.15, 0.2) is 42.6 Å². The number of piperidine rings is 2. The highest BCUT2D eigenvalue weighted by Crippen LogP contribution is 2.27. The van der Waals surface area contributed by atoms with Crippen molar-refractivity contribution in [2.45, 2.75) is 56.7 Å². The van der Waals surface area contributed by atoms with Gasteiger partial charge >= 0.3 is 12.1 Å². The zero-order valence-electron chi connectivity index (χ0n) is 27.7. The number of rotatable bonds is 6. The highest BCUT2D eigenvalue weighted by Gasteiger charge is 2.35. The van der Waals surface area contributed by atoms with Crippen LogP contribution in [0.5, 0.6) is 0 Å². The van der Waals surface area contributed by atoms with Gasteiger partial charge in [0.2, 0.25) is 5.91 Å². The Bertz CT molecular complexity index is 1620. The minimum absolute atomic E-state index is 0.0467. The van der Waals surface area contributed by atoms with Crippen LogP contribution < -0.4 is 10.6 Å². The number of hydrogen-bond acceptors (Lipinski definition) is 6. The van der Waals surface area contributed by atoms with Gasteiger partial charge in [0.25, 0.3) is 0 Å². The molecule has 3 aromatic rings. The van der Waals surface area contributed by atoms with E-state index in [0.717, 1.165) is 73.2 Å². The molecule has 1 atom stereocenters. The number of likely N-dealkylation sites (tertiary alicyclic amines) is 2. The van der Waals surface area contributed by atoms with E-state index in [1.54, 1.807) is 11.1 Å². The summed E-state index contributed by atoms with van der Waals surface area (Å²) in [6, 6.07) is 11.3. The van der Waals surface area contributed by atoms with Crippen molar-refractivity contribution in [2.75, 3.05) is 71.3 Å². The molecule has 0 bridgehead atoms. The predicted octanol–water partition coefficient (Wildman–Crippen LogP) is 3.63. The van der Waals surface area contributed by atoms with Gasteiger partial charge in [-0.3, -0.25) is 14.8 Å². The summed E-state index contributed by atoms with van der Waals surface area (Å²) in [7, 11) is 2.18. The number of amides is 5. The first-order valence-corrected chi connectivity index (χ1v) is 17.7. The van der Waals surface area contributed by atoms with Gasteiger partial charge in [0.1, 0.15) is 6.04 Å². The van der Waals surface area contributed by atoms with E-state index in [0.29, 0.717) is 63.1 Å². The second-order valence-corrected chi connectivity index (χ2v) is 14.2. The zero-order valence-corrected chi connectivity index (χ0v) is 28.4. The van der Waals surface area contributed by atoms with E-state index >= 15 is 0 Å². The summed E-state index contributed by atoms with van der Waals surface area (Å²) in [6.45, 7) is 6.86. The third-order valence-electron chi connectivity index (χ3n) is 10.8. The van der Waals surface area contributed by atoms with Crippen molar-refractivity contribution in [1.29, 1.82) is 0 Å². The number of aromatic nitrogens is 2. The number of urea groups is 2. The van der Waals surface area contributed by atoms with Crippen molar-refractivity contribution < 1.29 is 14.4 Å². The number of aromatic amines is 1. The molecule has 5 heterocycles. The SMILES string of the molecule is CN1CCC(N2CCN(C(=O)C(Cc3cc(Cl)c4[nH]ncc4c3)NC(=O)N3CCC(N4CCc5ccccc5NC4=O)CC3)CC2)CC1. The van der Waals surface area contributed by atoms with Crippen LogP contribution in [0.1, 0.15) is 36.8 Å². The maximum Gasteiger partial charge on any atom is 0.322 e. The first-order valence-electron chi connectivity index (χ1n) is 17.4. The molecular formula is C35H46ClN9O3. The van der Waals surface area contributed by atoms with E-state index in [-0.39, 0.29) is 24.0 Å². The third kappa shape index (κ3) is 7.11. The first-order chi connectivity index (χ1) is 23.3. The van der Waals surface area contributed by atoms with Gasteiger partial charge in [-0.2, -0.15) is 5.10 Å². The molecule has 0 radical (unpaired) electrons. The van der Waals surface area contributed by atoms with Crippen LogP contribution in [0.2, 0.25) is 5.02 Å². The van der Waals surface area contributed by atoms with Gasteiger partial charge in [-0.05, 0) is 81.6 Å². The Labute approximate surface area is 286 Å². The number of nitrogens with one attached hydrogen (secondary N) is 3. The van der Waals surface area contributed by atoms with Crippen LogP contribution in [0, 0.1) is 0 Å². The molecule has 3 fully saturated rings. The van der Waals surface area contributed by atoms with Gasteiger partial charge < -0.3 is 30.2 Å². The molecule has 0 spiro atoms. The van der Waals surface area contributed by atoms with E-state index < -0.39 is 6.04 Å². The summed E-state index contributed by atoms with van der Waals surface area (Å²) in [5, 5.41) is 14.6. The molecule has 12 nitrogen and oxygen atoms in total. The minimum atomic E-state index is -0.736. The summed E-state index contributed by atoms with van der Waals surface area (Å²) in [5.41, 5.74) is 3.62. The third-order valence-corrected chi connectivity index (χ3v) is 11.1. The van der Waals surface area contributed by atoms with Gasteiger partial charge in [-0.15, -0.1) is 0 Å². The Morgan fingerprint density at radius 1 is 0.938 bits per heavy atom. The molecule has 0 aliphatic carbocycles. The van der Waals surface area contributed by atoms with Crippen LogP contribution in [0.4, 0.5) is 15.3 Å². The van der Waals surface area contributed by atoms with E-state index in [9.17, 15) is 14.4 Å². The Hall–Kier alpha value is -3.87. The van der Waals surface area contributed by atoms with Crippen LogP contribution in [0.25, 0.3) is 10.9 Å². The molecule has 4 aliphatic rings. The van der Waals surface area contributed by atoms with Crippen molar-refractivity contribution in [1.82, 2.24) is 40.0 Å². The quantitative estimate of drug-likeness (QED) is 0.367. The van der Waals surface area contributed by atoms with E-state index in [1.165, 1.54) is 0 Å². The van der Waals surface area contributed by atoms with Crippen molar-refractivity contribution in [3.8, 4) is 0 Å². The Kier molecular flexibility index (Phi) is 9.74. The molecular weight excluding hydrogens is 630 g/mol. The summed E-state index contributed by atoms with van der Waals surface area (Å²) in [4.78, 5) is 51.5. The van der Waals surface area contributed by atoms with Crippen molar-refractivity contribution in [3.63, 3.8) is 0 Å². The van der Waals surface area contributed by atoms with Gasteiger partial charge in [0.15, 0.2) is 0 Å². The molecule has 48 heavy (non-hydrogen) atoms. The number of anilines is 1. The molecule has 2 aromatic carbocycles. The van der Waals surface area contributed by atoms with E-state index in [2.05, 4.69) is 43.7 Å². The number of benzene rings is 2. The fraction of sp³-hybridized carbons (Fsp3) is 0.543. The minimum Gasteiger partial charge on any atom is -0.338 e. The lowest BCUT2D eigenvalue weighted by Gasteiger charge is -2.43. The van der Waals surface area contributed by atoms with Crippen molar-refractivity contribution in [3.05, 3.63) is 58.7 Å². The second-order valence-electron chi connectivity index (χ2n) is 13.8. The van der Waals surface area contributed by atoms with Crippen LogP contribution in [-0.4, -0.2) is 137 Å². The van der Waals surface area contributed by atoms with Crippen molar-refractivity contribution >= 4 is 46.2 Å². The highest BCUT2D eigenvalue weighted by atomic mass is 35.5. The largest absolute Gasteiger partial charge is 0.338 e. The van der Waals surface area contributed by atoms with Gasteiger partial charge in [0, 0.05) is 75.4 Å². The Morgan fingerprint density at radius 3 is 2.44 bits per heavy atom. The lowest BCUT2D eigenvalue weighted by molar-refractivity contribution is -0.135. The number of halogens is 1. The summed E-state index contributed by atoms with van der Waals surface area (Å²) >= 11 is 6.56. The Morgan fingerprint density at radius 2 is 1.67 bits per heavy atom. The smallest absolute Gasteiger partial charge is 0.322 e. The summed E-state index contributed by atoms with van der Waals surface area (Å²) < 4.78 is 0. The normalized spacial score (nSPS) is 21.1. The van der Waals surface area contributed by atoms with Gasteiger partial charge in [0.05, 0.1) is 16.7 Å². The average molecular weight is 676 g/mol. The standard InChI is InChI=1S/C35H46ClN9O3/c1-41-11-7-27(8-12-41)42-16-18-43(19-17-42)33(46)31(22-24-20-26-23-37-40-32(26)29(36)21-24)39-34(47)44-13-9-28(10-14-44)45-15-6-25-4-2-3-5-30(25)38-35(45)48/h2-5,20-21,23,27-28,31H,6-19,22H2,1H3,(H,37,40)(H,38,48)(H,39,47). The lowest BCUT2D eigenvalue weighted by Crippen LogP contribution is -2.59. The second kappa shape index (κ2) is 14.3. The lowest BCUT2D eigenvalue weighted by atomic mass is 10.0. The number of piperazine rings is 1. The molecule has 7 rings (SSSR count). The number of carbonyl (C=O) groups excluding carboxylic acids is 3. The van der Waals surface area contributed by atoms with Crippen molar-refractivity contribution in [2.24, 2.45) is 0 Å². The molecule has 256 valence electrons. The molecule has 1 aromatic heterocycles. The highest BCUT2D eigenvalue weighted by molar-refractivity contribution is 6.35. The molecule has 1 unspecified atom stereocenters. The number of H-pyrrole nitrogens is 1. The number of nitrogens with zero attached hydrogens (tertiary/aromatic N) is 6. The molecule has 0 saturated carbocycles. The number of para-hydroxylation sites is 1. The zero-order chi connectivity index (χ0) is 33.2. The molecule has 3 saturated heterocycles. The number of carbonyl (C=O) groups is 3. The summed E-state index contributed by atoms with van der Waals surface area (Å²) in [5.74, 6) is -0.0644. The predicted molar refractivity (Wildman–Crippen MR) is 186 cm³/mol. The molecule has 4 aliphatic heterocycles. The fourth-order valence-corrected chi connectivity index (χ4v) is 8.16. The molecule has 3 N–H and O–H groups in total. The van der Waals surface area contributed by atoms with Crippen LogP contribution in [-0.2, 0) is 17.6 Å². The maximum atomic E-state index is 14.1. The first kappa shape index (κ1) is 32.7. The fourth-order valence-electron chi connectivity index (χ4n) is 7.87. The van der Waals surface area contributed by atoms with E-state index in [4.69, 9.17) is 11.6 Å². The maximum absolute atomic E-state index is 14.1. The van der Waals surface area contributed by atoms with Gasteiger partial charge in [-0.25, -0.2) is 9.59 Å². The topological polar surface area (TPSA) is 120 Å². The number of fused-ring (bicyclic) bond motifs is 2. The molecule has 5 amide bonds.